The van der Waals surface area contributed by atoms with E-state index < -0.39 is 11.6 Å². The van der Waals surface area contributed by atoms with E-state index in [9.17, 15) is 8.78 Å². The Labute approximate surface area is 201 Å². The van der Waals surface area contributed by atoms with Crippen LogP contribution in [0.15, 0.2) is 65.6 Å². The maximum Gasteiger partial charge on any atom is 0.167 e. The second kappa shape index (κ2) is 11.8. The smallest absolute Gasteiger partial charge is 0.167 e. The fourth-order valence-electron chi connectivity index (χ4n) is 4.84. The van der Waals surface area contributed by atoms with Crippen molar-refractivity contribution in [3.63, 3.8) is 0 Å². The minimum absolute atomic E-state index is 0.298. The molecule has 33 heavy (non-hydrogen) atoms. The Morgan fingerprint density at radius 1 is 0.697 bits per heavy atom. The van der Waals surface area contributed by atoms with Gasteiger partial charge in [0.05, 0.1) is 0 Å². The van der Waals surface area contributed by atoms with Gasteiger partial charge in [0.15, 0.2) is 11.6 Å². The third kappa shape index (κ3) is 6.47. The Morgan fingerprint density at radius 2 is 1.27 bits per heavy atom. The molecule has 0 spiro atoms. The number of hydrogen-bond acceptors (Lipinski definition) is 1. The van der Waals surface area contributed by atoms with Crippen LogP contribution in [-0.2, 0) is 0 Å². The molecule has 3 aromatic carbocycles. The quantitative estimate of drug-likeness (QED) is 0.224. The maximum absolute atomic E-state index is 14.9. The van der Waals surface area contributed by atoms with Gasteiger partial charge in [-0.15, -0.1) is 11.8 Å². The highest BCUT2D eigenvalue weighted by molar-refractivity contribution is 7.99. The van der Waals surface area contributed by atoms with E-state index in [0.29, 0.717) is 22.3 Å². The van der Waals surface area contributed by atoms with E-state index in [-0.39, 0.29) is 0 Å². The van der Waals surface area contributed by atoms with Crippen molar-refractivity contribution >= 4 is 11.8 Å². The summed E-state index contributed by atoms with van der Waals surface area (Å²) in [6.07, 6.45) is 12.5. The van der Waals surface area contributed by atoms with E-state index in [1.54, 1.807) is 12.1 Å². The van der Waals surface area contributed by atoms with Crippen LogP contribution < -0.4 is 0 Å². The molecule has 0 aromatic heterocycles. The molecular formula is C30H34F2S. The lowest BCUT2D eigenvalue weighted by atomic mass is 9.86. The Hall–Kier alpha value is -2.13. The lowest BCUT2D eigenvalue weighted by Crippen LogP contribution is -2.05. The molecule has 1 saturated carbocycles. The molecule has 0 bridgehead atoms. The third-order valence-electron chi connectivity index (χ3n) is 6.86. The van der Waals surface area contributed by atoms with Gasteiger partial charge in [0, 0.05) is 16.0 Å². The standard InChI is InChI=1S/C30H34F2S/c1-22-11-13-24(14-12-22)27-19-20-28(30(32)29(27)31)25-15-17-26(18-16-25)33-21-7-3-6-10-23-8-4-2-5-9-23/h11-20,23H,2-10,21H2,1H3. The van der Waals surface area contributed by atoms with Crippen molar-refractivity contribution in [3.8, 4) is 22.3 Å². The number of unbranched alkanes of at least 4 members (excludes halogenated alkanes) is 2. The van der Waals surface area contributed by atoms with Gasteiger partial charge in [0.1, 0.15) is 0 Å². The zero-order valence-corrected chi connectivity index (χ0v) is 20.4. The lowest BCUT2D eigenvalue weighted by molar-refractivity contribution is 0.329. The highest BCUT2D eigenvalue weighted by Gasteiger charge is 2.16. The molecule has 0 radical (unpaired) electrons. The van der Waals surface area contributed by atoms with Crippen molar-refractivity contribution in [2.45, 2.75) is 69.6 Å². The summed E-state index contributed by atoms with van der Waals surface area (Å²) in [6, 6.07) is 18.7. The van der Waals surface area contributed by atoms with E-state index in [1.165, 1.54) is 62.7 Å². The Kier molecular flexibility index (Phi) is 8.61. The van der Waals surface area contributed by atoms with Gasteiger partial charge in [-0.3, -0.25) is 0 Å². The lowest BCUT2D eigenvalue weighted by Gasteiger charge is -2.21. The van der Waals surface area contributed by atoms with Crippen LogP contribution >= 0.6 is 11.8 Å². The number of aryl methyl sites for hydroxylation is 1. The second-order valence-corrected chi connectivity index (χ2v) is 10.5. The molecule has 0 saturated heterocycles. The van der Waals surface area contributed by atoms with Gasteiger partial charge < -0.3 is 0 Å². The van der Waals surface area contributed by atoms with Gasteiger partial charge >= 0.3 is 0 Å². The normalized spacial score (nSPS) is 14.5. The summed E-state index contributed by atoms with van der Waals surface area (Å²) in [5.41, 5.74) is 3.09. The Morgan fingerprint density at radius 3 is 1.88 bits per heavy atom. The number of hydrogen-bond donors (Lipinski definition) is 0. The molecule has 0 amide bonds. The third-order valence-corrected chi connectivity index (χ3v) is 7.96. The summed E-state index contributed by atoms with van der Waals surface area (Å²) in [4.78, 5) is 1.18. The van der Waals surface area contributed by atoms with Crippen LogP contribution in [0.4, 0.5) is 8.78 Å². The van der Waals surface area contributed by atoms with E-state index in [0.717, 1.165) is 17.2 Å². The predicted octanol–water partition coefficient (Wildman–Crippen LogP) is 9.84. The van der Waals surface area contributed by atoms with Crippen LogP contribution in [-0.4, -0.2) is 5.75 Å². The van der Waals surface area contributed by atoms with E-state index in [4.69, 9.17) is 0 Å². The van der Waals surface area contributed by atoms with Crippen molar-refractivity contribution in [1.29, 1.82) is 0 Å². The van der Waals surface area contributed by atoms with Gasteiger partial charge in [-0.1, -0.05) is 105 Å². The average Bonchev–Trinajstić information content (AvgIpc) is 2.85. The fraction of sp³-hybridized carbons (Fsp3) is 0.400. The number of rotatable bonds is 9. The van der Waals surface area contributed by atoms with Crippen molar-refractivity contribution in [2.24, 2.45) is 5.92 Å². The Balaban J connectivity index is 1.29. The minimum Gasteiger partial charge on any atom is -0.203 e. The van der Waals surface area contributed by atoms with Crippen LogP contribution in [0.1, 0.15) is 63.4 Å². The topological polar surface area (TPSA) is 0 Å². The molecule has 1 aliphatic carbocycles. The molecule has 0 nitrogen and oxygen atoms in total. The largest absolute Gasteiger partial charge is 0.203 e. The van der Waals surface area contributed by atoms with Gasteiger partial charge in [0.2, 0.25) is 0 Å². The van der Waals surface area contributed by atoms with Crippen LogP contribution in [0, 0.1) is 24.5 Å². The molecule has 4 rings (SSSR count). The van der Waals surface area contributed by atoms with Crippen molar-refractivity contribution in [1.82, 2.24) is 0 Å². The molecule has 1 fully saturated rings. The van der Waals surface area contributed by atoms with Gasteiger partial charge in [0.25, 0.3) is 0 Å². The first-order valence-corrected chi connectivity index (χ1v) is 13.4. The second-order valence-electron chi connectivity index (χ2n) is 9.38. The summed E-state index contributed by atoms with van der Waals surface area (Å²) >= 11 is 1.85. The summed E-state index contributed by atoms with van der Waals surface area (Å²) < 4.78 is 29.7. The molecule has 174 valence electrons. The monoisotopic (exact) mass is 464 g/mol. The minimum atomic E-state index is -0.789. The molecule has 3 aromatic rings. The van der Waals surface area contributed by atoms with E-state index in [1.807, 2.05) is 67.2 Å². The van der Waals surface area contributed by atoms with Crippen molar-refractivity contribution in [3.05, 3.63) is 77.9 Å². The van der Waals surface area contributed by atoms with E-state index in [2.05, 4.69) is 0 Å². The predicted molar refractivity (Wildman–Crippen MR) is 138 cm³/mol. The van der Waals surface area contributed by atoms with Crippen LogP contribution in [0.5, 0.6) is 0 Å². The summed E-state index contributed by atoms with van der Waals surface area (Å²) in [6.45, 7) is 1.98. The molecule has 0 atom stereocenters. The molecule has 0 heterocycles. The summed E-state index contributed by atoms with van der Waals surface area (Å²) in [5.74, 6) is 0.516. The molecular weight excluding hydrogens is 430 g/mol. The van der Waals surface area contributed by atoms with Crippen LogP contribution in [0.25, 0.3) is 22.3 Å². The van der Waals surface area contributed by atoms with Gasteiger partial charge in [-0.05, 0) is 48.3 Å². The number of halogens is 2. The molecule has 0 aliphatic heterocycles. The first-order valence-electron chi connectivity index (χ1n) is 12.4. The van der Waals surface area contributed by atoms with Crippen molar-refractivity contribution in [2.75, 3.05) is 5.75 Å². The van der Waals surface area contributed by atoms with Crippen molar-refractivity contribution < 1.29 is 8.78 Å². The molecule has 1 aliphatic rings. The Bertz CT molecular complexity index is 1020. The van der Waals surface area contributed by atoms with Gasteiger partial charge in [-0.2, -0.15) is 0 Å². The SMILES string of the molecule is Cc1ccc(-c2ccc(-c3ccc(SCCCCCC4CCCCC4)cc3)c(F)c2F)cc1. The van der Waals surface area contributed by atoms with E-state index >= 15 is 0 Å². The average molecular weight is 465 g/mol. The first kappa shape index (κ1) is 24.0. The number of benzene rings is 3. The zero-order valence-electron chi connectivity index (χ0n) is 19.6. The van der Waals surface area contributed by atoms with Crippen LogP contribution in [0.2, 0.25) is 0 Å². The molecule has 3 heteroatoms. The van der Waals surface area contributed by atoms with Gasteiger partial charge in [-0.25, -0.2) is 8.78 Å². The number of thioether (sulfide) groups is 1. The molecule has 0 unspecified atom stereocenters. The summed E-state index contributed by atoms with van der Waals surface area (Å²) in [5, 5.41) is 0. The van der Waals surface area contributed by atoms with Crippen LogP contribution in [0.3, 0.4) is 0 Å². The highest BCUT2D eigenvalue weighted by Crippen LogP contribution is 2.33. The maximum atomic E-state index is 14.9. The first-order chi connectivity index (χ1) is 16.1. The fourth-order valence-corrected chi connectivity index (χ4v) is 5.75. The summed E-state index contributed by atoms with van der Waals surface area (Å²) in [7, 11) is 0. The highest BCUT2D eigenvalue weighted by atomic mass is 32.2. The molecule has 0 N–H and O–H groups in total. The zero-order chi connectivity index (χ0) is 23.0.